The number of halogens is 2. The fraction of sp³-hybridized carbons (Fsp3) is 0.375. The molecule has 0 spiro atoms. The maximum atomic E-state index is 14.0. The Bertz CT molecular complexity index is 1040. The third kappa shape index (κ3) is 4.53. The van der Waals surface area contributed by atoms with E-state index in [4.69, 9.17) is 9.84 Å². The Hall–Kier alpha value is -3.49. The third-order valence-electron chi connectivity index (χ3n) is 6.14. The summed E-state index contributed by atoms with van der Waals surface area (Å²) >= 11 is 0. The standard InChI is InChI=1S/C24H24F2N2O5/c1-13(21(29)28-20(14-10-11-14)24(25,26)22(30)31)27-23(32)33-12-19-17-8-4-2-6-15(17)16-7-3-5-9-18(16)19/h2-9,13-14,19-20H,10-12H2,1H3,(H,27,32)(H,28,29)(H,30,31)/t13-,20?/m0/s1. The van der Waals surface area contributed by atoms with Crippen LogP contribution in [0.25, 0.3) is 11.1 Å². The quantitative estimate of drug-likeness (QED) is 0.561. The highest BCUT2D eigenvalue weighted by molar-refractivity contribution is 5.87. The van der Waals surface area contributed by atoms with Gasteiger partial charge in [-0.25, -0.2) is 9.59 Å². The number of fused-ring (bicyclic) bond motifs is 3. The first-order valence-corrected chi connectivity index (χ1v) is 10.7. The van der Waals surface area contributed by atoms with Gasteiger partial charge >= 0.3 is 18.0 Å². The molecule has 1 fully saturated rings. The minimum Gasteiger partial charge on any atom is -0.477 e. The van der Waals surface area contributed by atoms with Crippen LogP contribution >= 0.6 is 0 Å². The second-order valence-corrected chi connectivity index (χ2v) is 8.44. The average molecular weight is 458 g/mol. The van der Waals surface area contributed by atoms with Crippen molar-refractivity contribution in [2.45, 2.75) is 43.7 Å². The van der Waals surface area contributed by atoms with Crippen LogP contribution in [0.3, 0.4) is 0 Å². The number of carbonyl (C=O) groups excluding carboxylic acids is 2. The molecule has 2 amide bonds. The van der Waals surface area contributed by atoms with Crippen molar-refractivity contribution in [1.29, 1.82) is 0 Å². The fourth-order valence-corrected chi connectivity index (χ4v) is 4.23. The van der Waals surface area contributed by atoms with Gasteiger partial charge in [-0.05, 0) is 47.9 Å². The number of ether oxygens (including phenoxy) is 1. The van der Waals surface area contributed by atoms with Crippen molar-refractivity contribution < 1.29 is 33.0 Å². The zero-order chi connectivity index (χ0) is 23.8. The molecule has 2 aliphatic carbocycles. The second-order valence-electron chi connectivity index (χ2n) is 8.44. The van der Waals surface area contributed by atoms with Crippen LogP contribution in [0, 0.1) is 5.92 Å². The van der Waals surface area contributed by atoms with Crippen LogP contribution in [0.4, 0.5) is 13.6 Å². The van der Waals surface area contributed by atoms with Crippen molar-refractivity contribution in [2.75, 3.05) is 6.61 Å². The number of amides is 2. The molecule has 1 saturated carbocycles. The van der Waals surface area contributed by atoms with Crippen LogP contribution in [-0.4, -0.2) is 47.7 Å². The maximum absolute atomic E-state index is 14.0. The number of carboxylic acid groups (broad SMARTS) is 1. The van der Waals surface area contributed by atoms with Crippen molar-refractivity contribution >= 4 is 18.0 Å². The molecule has 9 heteroatoms. The Balaban J connectivity index is 1.35. The van der Waals surface area contributed by atoms with Crippen molar-refractivity contribution in [3.8, 4) is 11.1 Å². The Labute approximate surface area is 189 Å². The largest absolute Gasteiger partial charge is 0.477 e. The van der Waals surface area contributed by atoms with E-state index < -0.39 is 41.9 Å². The van der Waals surface area contributed by atoms with Gasteiger partial charge in [0.15, 0.2) is 0 Å². The first-order valence-electron chi connectivity index (χ1n) is 10.7. The first kappa shape index (κ1) is 22.7. The number of benzene rings is 2. The molecule has 174 valence electrons. The lowest BCUT2D eigenvalue weighted by Crippen LogP contribution is -2.57. The van der Waals surface area contributed by atoms with E-state index in [1.165, 1.54) is 6.92 Å². The maximum Gasteiger partial charge on any atom is 0.407 e. The minimum atomic E-state index is -4.10. The van der Waals surface area contributed by atoms with E-state index in [0.29, 0.717) is 12.8 Å². The second kappa shape index (κ2) is 8.80. The molecule has 33 heavy (non-hydrogen) atoms. The normalized spacial score (nSPS) is 16.8. The molecule has 7 nitrogen and oxygen atoms in total. The van der Waals surface area contributed by atoms with Gasteiger partial charge in [0, 0.05) is 5.92 Å². The average Bonchev–Trinajstić information content (AvgIpc) is 3.58. The number of alkyl carbamates (subject to hydrolysis) is 1. The van der Waals surface area contributed by atoms with Crippen molar-refractivity contribution in [2.24, 2.45) is 5.92 Å². The van der Waals surface area contributed by atoms with Crippen molar-refractivity contribution in [3.05, 3.63) is 59.7 Å². The molecule has 4 rings (SSSR count). The summed E-state index contributed by atoms with van der Waals surface area (Å²) in [6.07, 6.45) is -0.0585. The highest BCUT2D eigenvalue weighted by Gasteiger charge is 2.54. The molecule has 2 aliphatic rings. The predicted octanol–water partition coefficient (Wildman–Crippen LogP) is 3.53. The van der Waals surface area contributed by atoms with Gasteiger partial charge in [-0.3, -0.25) is 4.79 Å². The molecule has 1 unspecified atom stereocenters. The van der Waals surface area contributed by atoms with Crippen LogP contribution < -0.4 is 10.6 Å². The molecule has 0 heterocycles. The smallest absolute Gasteiger partial charge is 0.407 e. The van der Waals surface area contributed by atoms with E-state index >= 15 is 0 Å². The summed E-state index contributed by atoms with van der Waals surface area (Å²) in [5, 5.41) is 13.2. The molecule has 0 aliphatic heterocycles. The van der Waals surface area contributed by atoms with Gasteiger partial charge in [-0.15, -0.1) is 0 Å². The van der Waals surface area contributed by atoms with E-state index in [0.717, 1.165) is 22.3 Å². The summed E-state index contributed by atoms with van der Waals surface area (Å²) in [4.78, 5) is 35.6. The number of nitrogens with one attached hydrogen (secondary N) is 2. The van der Waals surface area contributed by atoms with E-state index in [1.807, 2.05) is 48.5 Å². The van der Waals surface area contributed by atoms with E-state index in [-0.39, 0.29) is 12.5 Å². The molecule has 2 aromatic carbocycles. The minimum absolute atomic E-state index is 0.0377. The number of alkyl halides is 2. The van der Waals surface area contributed by atoms with Gasteiger partial charge < -0.3 is 20.5 Å². The molecule has 0 bridgehead atoms. The van der Waals surface area contributed by atoms with Gasteiger partial charge in [-0.1, -0.05) is 48.5 Å². The number of hydrogen-bond acceptors (Lipinski definition) is 4. The highest BCUT2D eigenvalue weighted by atomic mass is 19.3. The molecular formula is C24H24F2N2O5. The van der Waals surface area contributed by atoms with E-state index in [2.05, 4.69) is 10.6 Å². The molecule has 0 saturated heterocycles. The molecule has 0 aromatic heterocycles. The Kier molecular flexibility index (Phi) is 6.05. The molecular weight excluding hydrogens is 434 g/mol. The lowest BCUT2D eigenvalue weighted by molar-refractivity contribution is -0.171. The third-order valence-corrected chi connectivity index (χ3v) is 6.14. The van der Waals surface area contributed by atoms with Crippen LogP contribution in [0.15, 0.2) is 48.5 Å². The van der Waals surface area contributed by atoms with Gasteiger partial charge in [0.05, 0.1) is 0 Å². The lowest BCUT2D eigenvalue weighted by atomic mass is 9.98. The van der Waals surface area contributed by atoms with Crippen molar-refractivity contribution in [1.82, 2.24) is 10.6 Å². The lowest BCUT2D eigenvalue weighted by Gasteiger charge is -2.26. The summed E-state index contributed by atoms with van der Waals surface area (Å²) in [6.45, 7) is 1.36. The number of carboxylic acids is 1. The first-order chi connectivity index (χ1) is 15.7. The molecule has 0 radical (unpaired) electrons. The summed E-state index contributed by atoms with van der Waals surface area (Å²) < 4.78 is 33.4. The number of hydrogen-bond donors (Lipinski definition) is 3. The summed E-state index contributed by atoms with van der Waals surface area (Å²) in [5.74, 6) is -8.07. The number of rotatable bonds is 8. The predicted molar refractivity (Wildman–Crippen MR) is 115 cm³/mol. The van der Waals surface area contributed by atoms with Crippen LogP contribution in [0.1, 0.15) is 36.8 Å². The van der Waals surface area contributed by atoms with Gasteiger partial charge in [-0.2, -0.15) is 8.78 Å². The highest BCUT2D eigenvalue weighted by Crippen LogP contribution is 2.44. The topological polar surface area (TPSA) is 105 Å². The Morgan fingerprint density at radius 1 is 1.03 bits per heavy atom. The SMILES string of the molecule is C[C@H](NC(=O)OCC1c2ccccc2-c2ccccc21)C(=O)NC(C1CC1)C(F)(F)C(=O)O. The van der Waals surface area contributed by atoms with Crippen molar-refractivity contribution in [3.63, 3.8) is 0 Å². The zero-order valence-corrected chi connectivity index (χ0v) is 17.9. The number of aliphatic carboxylic acids is 1. The van der Waals surface area contributed by atoms with Crippen LogP contribution in [0.2, 0.25) is 0 Å². The fourth-order valence-electron chi connectivity index (χ4n) is 4.23. The number of carbonyl (C=O) groups is 3. The zero-order valence-electron chi connectivity index (χ0n) is 17.9. The molecule has 3 N–H and O–H groups in total. The summed E-state index contributed by atoms with van der Waals surface area (Å²) in [7, 11) is 0. The summed E-state index contributed by atoms with van der Waals surface area (Å²) in [6, 6.07) is 12.6. The van der Waals surface area contributed by atoms with Gasteiger partial charge in [0.1, 0.15) is 18.7 Å². The molecule has 2 aromatic rings. The Morgan fingerprint density at radius 3 is 2.09 bits per heavy atom. The monoisotopic (exact) mass is 458 g/mol. The summed E-state index contributed by atoms with van der Waals surface area (Å²) in [5.41, 5.74) is 4.20. The van der Waals surface area contributed by atoms with Crippen LogP contribution in [-0.2, 0) is 14.3 Å². The molecule has 2 atom stereocenters. The Morgan fingerprint density at radius 2 is 1.58 bits per heavy atom. The van der Waals surface area contributed by atoms with E-state index in [1.54, 1.807) is 0 Å². The van der Waals surface area contributed by atoms with E-state index in [9.17, 15) is 23.2 Å². The van der Waals surface area contributed by atoms with Gasteiger partial charge in [0.2, 0.25) is 5.91 Å². The van der Waals surface area contributed by atoms with Crippen LogP contribution in [0.5, 0.6) is 0 Å². The van der Waals surface area contributed by atoms with Gasteiger partial charge in [0.25, 0.3) is 0 Å².